The van der Waals surface area contributed by atoms with Gasteiger partial charge in [0.15, 0.2) is 0 Å². The molecule has 0 aromatic carbocycles. The van der Waals surface area contributed by atoms with Crippen molar-refractivity contribution < 1.29 is 0 Å². The highest BCUT2D eigenvalue weighted by atomic mass is 14.2. The van der Waals surface area contributed by atoms with Crippen LogP contribution in [-0.4, -0.2) is 0 Å². The van der Waals surface area contributed by atoms with Crippen LogP contribution in [0.2, 0.25) is 0 Å². The summed E-state index contributed by atoms with van der Waals surface area (Å²) < 4.78 is 0. The van der Waals surface area contributed by atoms with E-state index in [4.69, 9.17) is 0 Å². The second kappa shape index (κ2) is 9.24. The summed E-state index contributed by atoms with van der Waals surface area (Å²) in [6.07, 6.45) is 9.82. The Morgan fingerprint density at radius 3 is 1.93 bits per heavy atom. The van der Waals surface area contributed by atoms with E-state index in [-0.39, 0.29) is 0 Å². The van der Waals surface area contributed by atoms with Crippen molar-refractivity contribution in [3.63, 3.8) is 0 Å². The molecule has 0 N–H and O–H groups in total. The quantitative estimate of drug-likeness (QED) is 0.462. The predicted octanol–water partition coefficient (Wildman–Crippen LogP) is 5.67. The van der Waals surface area contributed by atoms with Gasteiger partial charge in [0.05, 0.1) is 0 Å². The average molecular weight is 212 g/mol. The lowest BCUT2D eigenvalue weighted by Gasteiger charge is -2.24. The topological polar surface area (TPSA) is 0 Å². The van der Waals surface area contributed by atoms with Crippen molar-refractivity contribution in [1.29, 1.82) is 0 Å². The lowest BCUT2D eigenvalue weighted by atomic mass is 9.82. The minimum Gasteiger partial charge on any atom is -0.0654 e. The summed E-state index contributed by atoms with van der Waals surface area (Å²) in [6.45, 7) is 11.8. The molecule has 0 aliphatic carbocycles. The predicted molar refractivity (Wildman–Crippen MR) is 71.2 cm³/mol. The van der Waals surface area contributed by atoms with Crippen molar-refractivity contribution in [2.75, 3.05) is 0 Å². The van der Waals surface area contributed by atoms with Crippen molar-refractivity contribution in [3.8, 4) is 0 Å². The molecule has 0 spiro atoms. The summed E-state index contributed by atoms with van der Waals surface area (Å²) in [5, 5.41) is 0. The molecule has 0 nitrogen and oxygen atoms in total. The molecule has 0 heterocycles. The van der Waals surface area contributed by atoms with Crippen LogP contribution in [-0.2, 0) is 0 Å². The first kappa shape index (κ1) is 15.0. The molecular weight excluding hydrogens is 180 g/mol. The number of hydrogen-bond acceptors (Lipinski definition) is 0. The first-order valence-electron chi connectivity index (χ1n) is 7.15. The Bertz CT molecular complexity index is 128. The summed E-state index contributed by atoms with van der Waals surface area (Å²) in [7, 11) is 0. The van der Waals surface area contributed by atoms with Crippen LogP contribution in [0.1, 0.15) is 79.6 Å². The molecule has 0 heteroatoms. The second-order valence-corrected chi connectivity index (χ2v) is 5.40. The highest BCUT2D eigenvalue weighted by molar-refractivity contribution is 4.67. The van der Waals surface area contributed by atoms with Crippen LogP contribution in [0.3, 0.4) is 0 Å². The van der Waals surface area contributed by atoms with E-state index in [1.54, 1.807) is 0 Å². The molecule has 0 amide bonds. The van der Waals surface area contributed by atoms with Crippen molar-refractivity contribution in [2.45, 2.75) is 79.6 Å². The van der Waals surface area contributed by atoms with Gasteiger partial charge in [-0.1, -0.05) is 73.1 Å². The third kappa shape index (κ3) is 6.98. The molecule has 3 atom stereocenters. The lowest BCUT2D eigenvalue weighted by molar-refractivity contribution is 0.272. The van der Waals surface area contributed by atoms with Gasteiger partial charge in [-0.05, 0) is 24.2 Å². The molecule has 0 aliphatic heterocycles. The second-order valence-electron chi connectivity index (χ2n) is 5.40. The van der Waals surface area contributed by atoms with Crippen LogP contribution < -0.4 is 0 Å². The van der Waals surface area contributed by atoms with Gasteiger partial charge in [-0.15, -0.1) is 0 Å². The Morgan fingerprint density at radius 2 is 1.47 bits per heavy atom. The van der Waals surface area contributed by atoms with Gasteiger partial charge < -0.3 is 0 Å². The van der Waals surface area contributed by atoms with Crippen molar-refractivity contribution >= 4 is 0 Å². The van der Waals surface area contributed by atoms with Crippen LogP contribution in [0.25, 0.3) is 0 Å². The van der Waals surface area contributed by atoms with Gasteiger partial charge in [0.1, 0.15) is 0 Å². The largest absolute Gasteiger partial charge is 0.0654 e. The van der Waals surface area contributed by atoms with Gasteiger partial charge in [-0.3, -0.25) is 0 Å². The lowest BCUT2D eigenvalue weighted by Crippen LogP contribution is -2.13. The third-order valence-corrected chi connectivity index (χ3v) is 3.96. The van der Waals surface area contributed by atoms with E-state index in [9.17, 15) is 0 Å². The molecule has 0 rings (SSSR count). The smallest absolute Gasteiger partial charge is 0.0414 e. The van der Waals surface area contributed by atoms with Crippen LogP contribution in [0.5, 0.6) is 0 Å². The minimum atomic E-state index is 0.922. The fraction of sp³-hybridized carbons (Fsp3) is 1.00. The van der Waals surface area contributed by atoms with Gasteiger partial charge >= 0.3 is 0 Å². The fourth-order valence-corrected chi connectivity index (χ4v) is 2.48. The zero-order valence-electron chi connectivity index (χ0n) is 11.7. The average Bonchev–Trinajstić information content (AvgIpc) is 2.24. The highest BCUT2D eigenvalue weighted by Gasteiger charge is 2.16. The molecule has 0 aromatic rings. The van der Waals surface area contributed by atoms with E-state index in [0.29, 0.717) is 0 Å². The van der Waals surface area contributed by atoms with Gasteiger partial charge in [0.2, 0.25) is 0 Å². The first-order chi connectivity index (χ1) is 7.15. The summed E-state index contributed by atoms with van der Waals surface area (Å²) in [5.74, 6) is 2.83. The summed E-state index contributed by atoms with van der Waals surface area (Å²) in [5.41, 5.74) is 0. The Kier molecular flexibility index (Phi) is 9.24. The molecule has 0 fully saturated rings. The molecule has 3 unspecified atom stereocenters. The Hall–Kier alpha value is 0. The Labute approximate surface area is 97.8 Å². The van der Waals surface area contributed by atoms with Gasteiger partial charge in [-0.25, -0.2) is 0 Å². The number of hydrogen-bond donors (Lipinski definition) is 0. The zero-order chi connectivity index (χ0) is 11.7. The van der Waals surface area contributed by atoms with Gasteiger partial charge in [0.25, 0.3) is 0 Å². The molecule has 0 saturated heterocycles. The highest BCUT2D eigenvalue weighted by Crippen LogP contribution is 2.27. The molecular formula is C15H32. The molecule has 0 saturated carbocycles. The minimum absolute atomic E-state index is 0.922. The monoisotopic (exact) mass is 212 g/mol. The zero-order valence-corrected chi connectivity index (χ0v) is 11.7. The van der Waals surface area contributed by atoms with Crippen LogP contribution >= 0.6 is 0 Å². The molecule has 0 aliphatic rings. The Morgan fingerprint density at radius 1 is 0.800 bits per heavy atom. The molecule has 0 radical (unpaired) electrons. The maximum atomic E-state index is 2.45. The number of rotatable bonds is 9. The van der Waals surface area contributed by atoms with E-state index in [1.165, 1.54) is 44.9 Å². The van der Waals surface area contributed by atoms with Crippen LogP contribution in [0.15, 0.2) is 0 Å². The van der Waals surface area contributed by atoms with E-state index in [1.807, 2.05) is 0 Å². The van der Waals surface area contributed by atoms with Crippen LogP contribution in [0, 0.1) is 17.8 Å². The number of unbranched alkanes of at least 4 members (excludes halogenated alkanes) is 1. The van der Waals surface area contributed by atoms with E-state index < -0.39 is 0 Å². The van der Waals surface area contributed by atoms with E-state index >= 15 is 0 Å². The standard InChI is InChI=1S/C15H32/c1-6-9-11-15(8-3)12-14(5)13(4)10-7-2/h13-15H,6-12H2,1-5H3. The van der Waals surface area contributed by atoms with Crippen molar-refractivity contribution in [3.05, 3.63) is 0 Å². The summed E-state index contributed by atoms with van der Waals surface area (Å²) in [4.78, 5) is 0. The van der Waals surface area contributed by atoms with Crippen LogP contribution in [0.4, 0.5) is 0 Å². The molecule has 15 heavy (non-hydrogen) atoms. The van der Waals surface area contributed by atoms with E-state index in [2.05, 4.69) is 34.6 Å². The summed E-state index contributed by atoms with van der Waals surface area (Å²) >= 11 is 0. The SMILES string of the molecule is CCCCC(CC)CC(C)C(C)CCC. The first-order valence-corrected chi connectivity index (χ1v) is 7.15. The maximum absolute atomic E-state index is 2.45. The molecule has 0 bridgehead atoms. The summed E-state index contributed by atoms with van der Waals surface area (Å²) in [6, 6.07) is 0. The normalized spacial score (nSPS) is 17.4. The van der Waals surface area contributed by atoms with Gasteiger partial charge in [0, 0.05) is 0 Å². The molecule has 0 aromatic heterocycles. The van der Waals surface area contributed by atoms with Crippen molar-refractivity contribution in [2.24, 2.45) is 17.8 Å². The fourth-order valence-electron chi connectivity index (χ4n) is 2.48. The van der Waals surface area contributed by atoms with Crippen molar-refractivity contribution in [1.82, 2.24) is 0 Å². The van der Waals surface area contributed by atoms with Gasteiger partial charge in [-0.2, -0.15) is 0 Å². The van der Waals surface area contributed by atoms with E-state index in [0.717, 1.165) is 17.8 Å². The third-order valence-electron chi connectivity index (χ3n) is 3.96. The molecule has 92 valence electrons. The Balaban J connectivity index is 3.83. The maximum Gasteiger partial charge on any atom is -0.0414 e.